The molecule has 0 rings (SSSR count). The number of nitrogens with one attached hydrogen (secondary N) is 2. The average molecular weight is 246 g/mol. The molecular weight excluding hydrogens is 224 g/mol. The van der Waals surface area contributed by atoms with Crippen molar-refractivity contribution in [2.24, 2.45) is 0 Å². The number of carboxylic acid groups (broad SMARTS) is 1. The fourth-order valence-electron chi connectivity index (χ4n) is 1.44. The first-order chi connectivity index (χ1) is 7.87. The first-order valence-corrected chi connectivity index (χ1v) is 5.73. The molecule has 0 fully saturated rings. The van der Waals surface area contributed by atoms with Crippen LogP contribution in [0.5, 0.6) is 0 Å². The van der Waals surface area contributed by atoms with Crippen LogP contribution in [0.25, 0.3) is 0 Å². The summed E-state index contributed by atoms with van der Waals surface area (Å²) in [4.78, 5) is 21.6. The van der Waals surface area contributed by atoms with Crippen molar-refractivity contribution in [3.05, 3.63) is 0 Å². The number of urea groups is 1. The predicted octanol–water partition coefficient (Wildman–Crippen LogP) is 0.965. The molecule has 0 aromatic carbocycles. The molecule has 0 saturated heterocycles. The van der Waals surface area contributed by atoms with E-state index in [2.05, 4.69) is 17.6 Å². The zero-order chi connectivity index (χ0) is 13.3. The summed E-state index contributed by atoms with van der Waals surface area (Å²) in [6.07, 6.45) is 1.89. The van der Waals surface area contributed by atoms with Gasteiger partial charge in [-0.2, -0.15) is 0 Å². The molecule has 0 aromatic rings. The van der Waals surface area contributed by atoms with E-state index in [4.69, 9.17) is 9.84 Å². The van der Waals surface area contributed by atoms with Crippen molar-refractivity contribution in [3.63, 3.8) is 0 Å². The summed E-state index contributed by atoms with van der Waals surface area (Å²) in [6.45, 7) is 6.11. The molecule has 6 nitrogen and oxygen atoms in total. The lowest BCUT2D eigenvalue weighted by atomic mass is 9.99. The summed E-state index contributed by atoms with van der Waals surface area (Å²) >= 11 is 0. The molecule has 0 heterocycles. The highest BCUT2D eigenvalue weighted by Crippen LogP contribution is 2.09. The number of aliphatic carboxylic acids is 1. The molecule has 0 bridgehead atoms. The lowest BCUT2D eigenvalue weighted by molar-refractivity contribution is -0.142. The molecule has 0 aliphatic rings. The summed E-state index contributed by atoms with van der Waals surface area (Å²) in [5, 5.41) is 13.7. The van der Waals surface area contributed by atoms with Crippen LogP contribution < -0.4 is 10.6 Å². The van der Waals surface area contributed by atoms with Crippen LogP contribution in [-0.4, -0.2) is 42.4 Å². The lowest BCUT2D eigenvalue weighted by Crippen LogP contribution is -2.48. The van der Waals surface area contributed by atoms with E-state index in [1.165, 1.54) is 0 Å². The van der Waals surface area contributed by atoms with Crippen molar-refractivity contribution in [1.82, 2.24) is 10.6 Å². The Morgan fingerprint density at radius 3 is 2.53 bits per heavy atom. The minimum absolute atomic E-state index is 0.188. The van der Waals surface area contributed by atoms with Gasteiger partial charge in [0, 0.05) is 12.1 Å². The third-order valence-electron chi connectivity index (χ3n) is 2.08. The minimum atomic E-state index is -1.02. The van der Waals surface area contributed by atoms with Crippen LogP contribution in [0, 0.1) is 0 Å². The molecule has 0 spiro atoms. The quantitative estimate of drug-likeness (QED) is 0.557. The summed E-state index contributed by atoms with van der Waals surface area (Å²) < 4.78 is 4.78. The number of carbonyl (C=O) groups excluding carboxylic acids is 1. The van der Waals surface area contributed by atoms with Crippen molar-refractivity contribution in [2.45, 2.75) is 39.2 Å². The highest BCUT2D eigenvalue weighted by molar-refractivity contribution is 5.74. The Balaban J connectivity index is 3.62. The van der Waals surface area contributed by atoms with Gasteiger partial charge in [-0.1, -0.05) is 13.3 Å². The number of hydrogen-bond donors (Lipinski definition) is 3. The van der Waals surface area contributed by atoms with Gasteiger partial charge in [-0.05, 0) is 20.3 Å². The van der Waals surface area contributed by atoms with Crippen LogP contribution in [0.4, 0.5) is 4.79 Å². The van der Waals surface area contributed by atoms with Gasteiger partial charge in [-0.25, -0.2) is 9.59 Å². The van der Waals surface area contributed by atoms with E-state index in [9.17, 15) is 9.59 Å². The molecule has 0 atom stereocenters. The van der Waals surface area contributed by atoms with Gasteiger partial charge in [-0.15, -0.1) is 0 Å². The van der Waals surface area contributed by atoms with Gasteiger partial charge >= 0.3 is 12.0 Å². The molecule has 0 radical (unpaired) electrons. The number of carboxylic acids is 1. The second-order valence-electron chi connectivity index (χ2n) is 4.46. The Kier molecular flexibility index (Phi) is 7.29. The van der Waals surface area contributed by atoms with Crippen molar-refractivity contribution in [2.75, 3.05) is 19.8 Å². The minimum Gasteiger partial charge on any atom is -0.480 e. The molecule has 17 heavy (non-hydrogen) atoms. The fraction of sp³-hybridized carbons (Fsp3) is 0.818. The molecule has 0 unspecified atom stereocenters. The highest BCUT2D eigenvalue weighted by Gasteiger charge is 2.18. The Bertz CT molecular complexity index is 254. The first kappa shape index (κ1) is 15.7. The summed E-state index contributed by atoms with van der Waals surface area (Å²) in [5.41, 5.74) is -0.235. The molecule has 0 aliphatic heterocycles. The summed E-state index contributed by atoms with van der Waals surface area (Å²) in [6, 6.07) is -0.262. The second kappa shape index (κ2) is 7.89. The van der Waals surface area contributed by atoms with E-state index in [1.807, 2.05) is 13.8 Å². The largest absolute Gasteiger partial charge is 0.480 e. The first-order valence-electron chi connectivity index (χ1n) is 5.73. The third-order valence-corrected chi connectivity index (χ3v) is 2.08. The maximum Gasteiger partial charge on any atom is 0.329 e. The van der Waals surface area contributed by atoms with Crippen molar-refractivity contribution >= 4 is 12.0 Å². The summed E-state index contributed by atoms with van der Waals surface area (Å²) in [7, 11) is 0. The Morgan fingerprint density at radius 2 is 2.00 bits per heavy atom. The molecule has 2 amide bonds. The number of hydrogen-bond acceptors (Lipinski definition) is 3. The van der Waals surface area contributed by atoms with Crippen molar-refractivity contribution in [1.29, 1.82) is 0 Å². The molecule has 100 valence electrons. The second-order valence-corrected chi connectivity index (χ2v) is 4.46. The Morgan fingerprint density at radius 1 is 1.35 bits per heavy atom. The number of ether oxygens (including phenoxy) is 1. The predicted molar refractivity (Wildman–Crippen MR) is 64.0 cm³/mol. The van der Waals surface area contributed by atoms with E-state index in [-0.39, 0.29) is 24.8 Å². The van der Waals surface area contributed by atoms with E-state index in [0.29, 0.717) is 6.54 Å². The van der Waals surface area contributed by atoms with Gasteiger partial charge in [0.05, 0.1) is 6.61 Å². The highest BCUT2D eigenvalue weighted by atomic mass is 16.5. The monoisotopic (exact) mass is 246 g/mol. The van der Waals surface area contributed by atoms with Crippen molar-refractivity contribution in [3.8, 4) is 0 Å². The van der Waals surface area contributed by atoms with Gasteiger partial charge < -0.3 is 20.5 Å². The van der Waals surface area contributed by atoms with E-state index in [0.717, 1.165) is 12.8 Å². The van der Waals surface area contributed by atoms with E-state index >= 15 is 0 Å². The maximum absolute atomic E-state index is 11.4. The smallest absolute Gasteiger partial charge is 0.329 e. The van der Waals surface area contributed by atoms with Gasteiger partial charge in [0.25, 0.3) is 0 Å². The van der Waals surface area contributed by atoms with Gasteiger partial charge in [0.1, 0.15) is 6.61 Å². The van der Waals surface area contributed by atoms with Crippen LogP contribution in [0.3, 0.4) is 0 Å². The SMILES string of the molecule is CCCC(C)(C)NC(=O)NCCOCC(=O)O. The Labute approximate surface area is 102 Å². The molecule has 0 aliphatic carbocycles. The van der Waals surface area contributed by atoms with Gasteiger partial charge in [0.15, 0.2) is 0 Å². The van der Waals surface area contributed by atoms with Crippen LogP contribution >= 0.6 is 0 Å². The van der Waals surface area contributed by atoms with Gasteiger partial charge in [0.2, 0.25) is 0 Å². The van der Waals surface area contributed by atoms with Crippen LogP contribution in [0.15, 0.2) is 0 Å². The zero-order valence-corrected chi connectivity index (χ0v) is 10.7. The van der Waals surface area contributed by atoms with Gasteiger partial charge in [-0.3, -0.25) is 0 Å². The molecule has 3 N–H and O–H groups in total. The number of amides is 2. The van der Waals surface area contributed by atoms with E-state index in [1.54, 1.807) is 0 Å². The molecule has 0 saturated carbocycles. The molecule has 6 heteroatoms. The Hall–Kier alpha value is -1.30. The number of rotatable bonds is 8. The maximum atomic E-state index is 11.4. The normalized spacial score (nSPS) is 11.0. The average Bonchev–Trinajstić information content (AvgIpc) is 2.15. The van der Waals surface area contributed by atoms with Crippen LogP contribution in [-0.2, 0) is 9.53 Å². The fourth-order valence-corrected chi connectivity index (χ4v) is 1.44. The van der Waals surface area contributed by atoms with Crippen LogP contribution in [0.2, 0.25) is 0 Å². The van der Waals surface area contributed by atoms with E-state index < -0.39 is 5.97 Å². The molecular formula is C11H22N2O4. The zero-order valence-electron chi connectivity index (χ0n) is 10.7. The van der Waals surface area contributed by atoms with Crippen molar-refractivity contribution < 1.29 is 19.4 Å². The van der Waals surface area contributed by atoms with Crippen LogP contribution in [0.1, 0.15) is 33.6 Å². The standard InChI is InChI=1S/C11H22N2O4/c1-4-5-11(2,3)13-10(16)12-6-7-17-8-9(14)15/h4-8H2,1-3H3,(H,14,15)(H2,12,13,16). The third kappa shape index (κ3) is 9.62. The molecule has 0 aromatic heterocycles. The summed E-state index contributed by atoms with van der Waals surface area (Å²) in [5.74, 6) is -1.02. The number of carbonyl (C=O) groups is 2. The lowest BCUT2D eigenvalue weighted by Gasteiger charge is -2.25. The topological polar surface area (TPSA) is 87.7 Å².